The van der Waals surface area contributed by atoms with Crippen molar-refractivity contribution in [1.82, 2.24) is 15.2 Å². The number of ether oxygens (including phenoxy) is 1. The number of pyridine rings is 1. The summed E-state index contributed by atoms with van der Waals surface area (Å²) in [7, 11) is 0. The van der Waals surface area contributed by atoms with Crippen molar-refractivity contribution in [1.29, 1.82) is 0 Å². The van der Waals surface area contributed by atoms with Gasteiger partial charge >= 0.3 is 0 Å². The van der Waals surface area contributed by atoms with Crippen molar-refractivity contribution in [3.63, 3.8) is 0 Å². The lowest BCUT2D eigenvalue weighted by Crippen LogP contribution is -2.34. The first kappa shape index (κ1) is 22.4. The maximum atomic E-state index is 13.0. The number of allylic oxidation sites excluding steroid dienone is 2. The summed E-state index contributed by atoms with van der Waals surface area (Å²) < 4.78 is 5.80. The van der Waals surface area contributed by atoms with Crippen LogP contribution in [0, 0.1) is 13.8 Å². The van der Waals surface area contributed by atoms with Crippen molar-refractivity contribution >= 4 is 5.91 Å². The molecule has 0 aliphatic carbocycles. The highest BCUT2D eigenvalue weighted by atomic mass is 16.5. The molecule has 0 spiro atoms. The molecule has 1 atom stereocenters. The SMILES string of the molecule is C=CN1C(C(C)OCC)=C(C)C(C(=O)NCc2c(C)cc(C)[nH]c2=O)=C/C1=C/C. The molecule has 1 amide bonds. The zero-order valence-electron chi connectivity index (χ0n) is 18.2. The minimum atomic E-state index is -0.230. The Morgan fingerprint density at radius 1 is 1.38 bits per heavy atom. The Morgan fingerprint density at radius 2 is 2.07 bits per heavy atom. The van der Waals surface area contributed by atoms with E-state index < -0.39 is 0 Å². The summed E-state index contributed by atoms with van der Waals surface area (Å²) in [5, 5.41) is 2.90. The molecule has 2 heterocycles. The van der Waals surface area contributed by atoms with Gasteiger partial charge in [0.15, 0.2) is 0 Å². The van der Waals surface area contributed by atoms with E-state index >= 15 is 0 Å². The second-order valence-corrected chi connectivity index (χ2v) is 7.06. The van der Waals surface area contributed by atoms with Crippen LogP contribution >= 0.6 is 0 Å². The van der Waals surface area contributed by atoms with Crippen molar-refractivity contribution in [2.45, 2.75) is 54.2 Å². The molecule has 2 rings (SSSR count). The largest absolute Gasteiger partial charge is 0.373 e. The average molecular weight is 398 g/mol. The van der Waals surface area contributed by atoms with Gasteiger partial charge < -0.3 is 19.9 Å². The minimum absolute atomic E-state index is 0.164. The van der Waals surface area contributed by atoms with Crippen LogP contribution < -0.4 is 10.9 Å². The molecule has 156 valence electrons. The number of carbonyl (C=O) groups is 1. The van der Waals surface area contributed by atoms with Gasteiger partial charge in [-0.2, -0.15) is 0 Å². The quantitative estimate of drug-likeness (QED) is 0.737. The van der Waals surface area contributed by atoms with E-state index in [4.69, 9.17) is 4.74 Å². The number of nitrogens with zero attached hydrogens (tertiary/aromatic N) is 1. The molecule has 1 aromatic rings. The lowest BCUT2D eigenvalue weighted by atomic mass is 9.95. The standard InChI is InChI=1S/C23H31N3O3/c1-8-18-12-19(16(6)21(26(18)9-2)17(7)29-10-3)22(27)24-13-20-14(4)11-15(5)25-23(20)28/h8-9,11-12,17H,2,10,13H2,1,3-7H3,(H,24,27)(H,25,28)/b18-8-. The minimum Gasteiger partial charge on any atom is -0.373 e. The third-order valence-electron chi connectivity index (χ3n) is 5.06. The van der Waals surface area contributed by atoms with E-state index in [9.17, 15) is 9.59 Å². The van der Waals surface area contributed by atoms with Crippen LogP contribution in [-0.2, 0) is 16.1 Å². The molecule has 6 heteroatoms. The number of amides is 1. The highest BCUT2D eigenvalue weighted by Gasteiger charge is 2.28. The van der Waals surface area contributed by atoms with E-state index in [0.717, 1.165) is 28.2 Å². The number of hydrogen-bond acceptors (Lipinski definition) is 4. The molecule has 1 aliphatic rings. The van der Waals surface area contributed by atoms with Gasteiger partial charge in [0.2, 0.25) is 0 Å². The second kappa shape index (κ2) is 9.56. The molecule has 29 heavy (non-hydrogen) atoms. The normalized spacial score (nSPS) is 16.7. The third kappa shape index (κ3) is 4.77. The number of rotatable bonds is 7. The molecule has 1 aromatic heterocycles. The first-order valence-corrected chi connectivity index (χ1v) is 9.85. The maximum absolute atomic E-state index is 13.0. The fourth-order valence-electron chi connectivity index (χ4n) is 3.64. The Kier molecular flexibility index (Phi) is 7.40. The lowest BCUT2D eigenvalue weighted by molar-refractivity contribution is -0.117. The van der Waals surface area contributed by atoms with Crippen molar-refractivity contribution in [2.24, 2.45) is 0 Å². The van der Waals surface area contributed by atoms with Crippen LogP contribution in [0.5, 0.6) is 0 Å². The molecular weight excluding hydrogens is 366 g/mol. The molecule has 2 N–H and O–H groups in total. The summed E-state index contributed by atoms with van der Waals surface area (Å²) in [6, 6.07) is 1.90. The first-order chi connectivity index (χ1) is 13.7. The number of aromatic nitrogens is 1. The molecule has 0 aromatic carbocycles. The molecular formula is C23H31N3O3. The Hall–Kier alpha value is -2.86. The number of aryl methyl sites for hydroxylation is 2. The van der Waals surface area contributed by atoms with Gasteiger partial charge in [-0.3, -0.25) is 9.59 Å². The average Bonchev–Trinajstić information content (AvgIpc) is 2.66. The van der Waals surface area contributed by atoms with Gasteiger partial charge in [0.1, 0.15) is 0 Å². The first-order valence-electron chi connectivity index (χ1n) is 9.85. The summed E-state index contributed by atoms with van der Waals surface area (Å²) in [5.74, 6) is -0.230. The van der Waals surface area contributed by atoms with E-state index in [1.807, 2.05) is 64.7 Å². The van der Waals surface area contributed by atoms with Crippen LogP contribution in [0.25, 0.3) is 0 Å². The number of aromatic amines is 1. The molecule has 0 saturated heterocycles. The predicted molar refractivity (Wildman–Crippen MR) is 116 cm³/mol. The highest BCUT2D eigenvalue weighted by molar-refractivity contribution is 5.98. The van der Waals surface area contributed by atoms with Gasteiger partial charge in [-0.05, 0) is 64.8 Å². The van der Waals surface area contributed by atoms with Crippen LogP contribution in [0.3, 0.4) is 0 Å². The number of H-pyrrole nitrogens is 1. The molecule has 6 nitrogen and oxygen atoms in total. The lowest BCUT2D eigenvalue weighted by Gasteiger charge is -2.34. The number of hydrogen-bond donors (Lipinski definition) is 2. The van der Waals surface area contributed by atoms with Gasteiger partial charge in [0.05, 0.1) is 11.8 Å². The summed E-state index contributed by atoms with van der Waals surface area (Å²) >= 11 is 0. The fraction of sp³-hybridized carbons (Fsp3) is 0.391. The van der Waals surface area contributed by atoms with Crippen LogP contribution in [0.2, 0.25) is 0 Å². The molecule has 0 fully saturated rings. The summed E-state index contributed by atoms with van der Waals surface area (Å²) in [5.41, 5.74) is 5.15. The van der Waals surface area contributed by atoms with E-state index in [0.29, 0.717) is 17.7 Å². The zero-order chi connectivity index (χ0) is 21.7. The topological polar surface area (TPSA) is 74.4 Å². The second-order valence-electron chi connectivity index (χ2n) is 7.06. The van der Waals surface area contributed by atoms with Crippen LogP contribution in [0.4, 0.5) is 0 Å². The van der Waals surface area contributed by atoms with Gasteiger partial charge in [0, 0.05) is 41.9 Å². The summed E-state index contributed by atoms with van der Waals surface area (Å²) in [4.78, 5) is 30.0. The van der Waals surface area contributed by atoms with E-state index in [-0.39, 0.29) is 24.1 Å². The van der Waals surface area contributed by atoms with Crippen molar-refractivity contribution in [2.75, 3.05) is 6.61 Å². The fourth-order valence-corrected chi connectivity index (χ4v) is 3.64. The molecule has 0 saturated carbocycles. The smallest absolute Gasteiger partial charge is 0.253 e. The van der Waals surface area contributed by atoms with Gasteiger partial charge in [-0.15, -0.1) is 0 Å². The Bertz CT molecular complexity index is 951. The van der Waals surface area contributed by atoms with E-state index in [2.05, 4.69) is 16.9 Å². The Morgan fingerprint density at radius 3 is 2.62 bits per heavy atom. The summed E-state index contributed by atoms with van der Waals surface area (Å²) in [6.07, 6.45) is 5.28. The van der Waals surface area contributed by atoms with Gasteiger partial charge in [-0.1, -0.05) is 12.7 Å². The zero-order valence-corrected chi connectivity index (χ0v) is 18.2. The van der Waals surface area contributed by atoms with Crippen molar-refractivity contribution in [3.05, 3.63) is 80.7 Å². The number of nitrogens with one attached hydrogen (secondary N) is 2. The number of carbonyl (C=O) groups excluding carboxylic acids is 1. The van der Waals surface area contributed by atoms with Crippen molar-refractivity contribution < 1.29 is 9.53 Å². The Labute approximate surface area is 172 Å². The van der Waals surface area contributed by atoms with E-state index in [1.54, 1.807) is 6.20 Å². The summed E-state index contributed by atoms with van der Waals surface area (Å²) in [6.45, 7) is 16.1. The maximum Gasteiger partial charge on any atom is 0.253 e. The van der Waals surface area contributed by atoms with E-state index in [1.165, 1.54) is 0 Å². The molecule has 0 bridgehead atoms. The molecule has 1 unspecified atom stereocenters. The third-order valence-corrected chi connectivity index (χ3v) is 5.06. The van der Waals surface area contributed by atoms with Gasteiger partial charge in [0.25, 0.3) is 11.5 Å². The molecule has 0 radical (unpaired) electrons. The molecule has 1 aliphatic heterocycles. The van der Waals surface area contributed by atoms with Gasteiger partial charge in [-0.25, -0.2) is 0 Å². The highest BCUT2D eigenvalue weighted by Crippen LogP contribution is 2.32. The Balaban J connectivity index is 2.36. The predicted octanol–water partition coefficient (Wildman–Crippen LogP) is 3.60. The van der Waals surface area contributed by atoms with Crippen LogP contribution in [0.1, 0.15) is 44.5 Å². The van der Waals surface area contributed by atoms with Crippen molar-refractivity contribution in [3.8, 4) is 0 Å². The van der Waals surface area contributed by atoms with Crippen LogP contribution in [-0.4, -0.2) is 28.5 Å². The van der Waals surface area contributed by atoms with Crippen LogP contribution in [0.15, 0.2) is 58.3 Å². The monoisotopic (exact) mass is 397 g/mol.